The molecule has 0 N–H and O–H groups in total. The fraction of sp³-hybridized carbons (Fsp3) is 0.0526. The largest absolute Gasteiger partial charge is 0.455 e. The van der Waals surface area contributed by atoms with Crippen molar-refractivity contribution in [1.29, 1.82) is 0 Å². The van der Waals surface area contributed by atoms with Crippen molar-refractivity contribution in [3.8, 4) is 44.8 Å². The molecule has 0 unspecified atom stereocenters. The molecule has 0 spiro atoms. The lowest BCUT2D eigenvalue weighted by Crippen LogP contribution is -2.15. The third-order valence-corrected chi connectivity index (χ3v) is 13.3. The first kappa shape index (κ1) is 33.4. The molecule has 0 fully saturated rings. The van der Waals surface area contributed by atoms with Gasteiger partial charge in [0.25, 0.3) is 0 Å². The second kappa shape index (κ2) is 12.2. The monoisotopic (exact) mass is 766 g/mol. The van der Waals surface area contributed by atoms with Crippen LogP contribution in [0.4, 0.5) is 0 Å². The maximum Gasteiger partial charge on any atom is 0.143 e. The molecule has 0 saturated carbocycles. The van der Waals surface area contributed by atoms with E-state index in [1.807, 2.05) is 6.07 Å². The van der Waals surface area contributed by atoms with E-state index >= 15 is 0 Å². The lowest BCUT2D eigenvalue weighted by molar-refractivity contribution is 0.660. The average molecular weight is 767 g/mol. The average Bonchev–Trinajstić information content (AvgIpc) is 4.01. The number of aromatic nitrogens is 2. The predicted molar refractivity (Wildman–Crippen MR) is 251 cm³/mol. The Morgan fingerprint density at radius 2 is 0.917 bits per heavy atom. The van der Waals surface area contributed by atoms with Crippen molar-refractivity contribution < 1.29 is 4.42 Å². The van der Waals surface area contributed by atoms with Crippen LogP contribution in [0, 0.1) is 0 Å². The number of fused-ring (bicyclic) bond motifs is 12. The minimum Gasteiger partial charge on any atom is -0.455 e. The first-order valence-electron chi connectivity index (χ1n) is 20.8. The van der Waals surface area contributed by atoms with Crippen LogP contribution in [0.2, 0.25) is 0 Å². The van der Waals surface area contributed by atoms with Crippen molar-refractivity contribution in [3.05, 3.63) is 205 Å². The molecule has 0 aliphatic heterocycles. The highest BCUT2D eigenvalue weighted by molar-refractivity contribution is 6.14. The number of hydrogen-bond acceptors (Lipinski definition) is 1. The van der Waals surface area contributed by atoms with E-state index in [-0.39, 0.29) is 5.41 Å². The van der Waals surface area contributed by atoms with Crippen molar-refractivity contribution in [3.63, 3.8) is 0 Å². The van der Waals surface area contributed by atoms with Gasteiger partial charge in [-0.15, -0.1) is 0 Å². The topological polar surface area (TPSA) is 23.0 Å². The molecule has 0 atom stereocenters. The molecule has 0 saturated heterocycles. The van der Waals surface area contributed by atoms with E-state index in [1.165, 1.54) is 82.7 Å². The second-order valence-corrected chi connectivity index (χ2v) is 16.9. The Labute approximate surface area is 347 Å². The summed E-state index contributed by atoms with van der Waals surface area (Å²) in [5.74, 6) is 0. The van der Waals surface area contributed by atoms with Crippen molar-refractivity contribution in [2.24, 2.45) is 0 Å². The molecule has 0 bridgehead atoms. The van der Waals surface area contributed by atoms with Gasteiger partial charge in [0.15, 0.2) is 0 Å². The number of hydrogen-bond donors (Lipinski definition) is 0. The molecule has 12 aromatic rings. The van der Waals surface area contributed by atoms with Crippen LogP contribution in [0.3, 0.4) is 0 Å². The summed E-state index contributed by atoms with van der Waals surface area (Å²) in [6, 6.07) is 71.1. The summed E-state index contributed by atoms with van der Waals surface area (Å²) in [5, 5.41) is 7.23. The Morgan fingerprint density at radius 3 is 1.68 bits per heavy atom. The summed E-state index contributed by atoms with van der Waals surface area (Å²) in [6.45, 7) is 4.71. The van der Waals surface area contributed by atoms with Crippen molar-refractivity contribution in [2.75, 3.05) is 0 Å². The fourth-order valence-corrected chi connectivity index (χ4v) is 10.5. The van der Waals surface area contributed by atoms with E-state index in [0.717, 1.165) is 38.8 Å². The minimum atomic E-state index is -0.0692. The van der Waals surface area contributed by atoms with Crippen LogP contribution in [-0.2, 0) is 5.41 Å². The summed E-state index contributed by atoms with van der Waals surface area (Å²) in [7, 11) is 0. The van der Waals surface area contributed by atoms with Crippen LogP contribution < -0.4 is 0 Å². The van der Waals surface area contributed by atoms with Crippen molar-refractivity contribution in [1.82, 2.24) is 9.13 Å². The molecular weight excluding hydrogens is 729 g/mol. The molecule has 3 heteroatoms. The van der Waals surface area contributed by atoms with Crippen LogP contribution >= 0.6 is 0 Å². The summed E-state index contributed by atoms with van der Waals surface area (Å²) < 4.78 is 11.4. The molecule has 0 radical (unpaired) electrons. The second-order valence-electron chi connectivity index (χ2n) is 16.9. The van der Waals surface area contributed by atoms with E-state index in [9.17, 15) is 0 Å². The zero-order valence-corrected chi connectivity index (χ0v) is 33.3. The third kappa shape index (κ3) is 4.55. The fourth-order valence-electron chi connectivity index (χ4n) is 10.5. The van der Waals surface area contributed by atoms with E-state index < -0.39 is 0 Å². The molecule has 9 aromatic carbocycles. The molecule has 13 rings (SSSR count). The zero-order chi connectivity index (χ0) is 39.7. The van der Waals surface area contributed by atoms with Gasteiger partial charge in [-0.3, -0.25) is 0 Å². The van der Waals surface area contributed by atoms with Gasteiger partial charge < -0.3 is 13.6 Å². The lowest BCUT2D eigenvalue weighted by atomic mass is 9.82. The van der Waals surface area contributed by atoms with E-state index in [1.54, 1.807) is 0 Å². The molecular formula is C57H38N2O. The smallest absolute Gasteiger partial charge is 0.143 e. The molecule has 1 aliphatic carbocycles. The maximum absolute atomic E-state index is 6.56. The van der Waals surface area contributed by atoms with E-state index in [2.05, 4.69) is 211 Å². The number of furan rings is 1. The van der Waals surface area contributed by atoms with Crippen LogP contribution in [0.5, 0.6) is 0 Å². The van der Waals surface area contributed by atoms with Gasteiger partial charge in [0, 0.05) is 54.5 Å². The molecule has 60 heavy (non-hydrogen) atoms. The summed E-state index contributed by atoms with van der Waals surface area (Å²) in [6.07, 6.45) is 0. The van der Waals surface area contributed by atoms with Gasteiger partial charge in [0.1, 0.15) is 11.2 Å². The molecule has 282 valence electrons. The minimum absolute atomic E-state index is 0.0692. The first-order chi connectivity index (χ1) is 29.5. The normalized spacial score (nSPS) is 13.3. The quantitative estimate of drug-likeness (QED) is 0.175. The van der Waals surface area contributed by atoms with Gasteiger partial charge in [0.05, 0.1) is 27.8 Å². The molecule has 3 aromatic heterocycles. The Bertz CT molecular complexity index is 3760. The first-order valence-corrected chi connectivity index (χ1v) is 20.8. The standard InChI is InChI=1S/C57H38N2O/c1-57(2)48-21-8-3-14-38(48)39-29-28-37(34-49(39)57)58-50-22-9-5-16-41(50)46-32-35(26-30-53(46)58)36-27-31-54-47(33-36)42-17-6-11-24-52(42)59(54)51-23-10-4-15-40(51)44-19-13-20-45-43-18-7-12-25-55(43)60-56(44)45/h3-34H,1-2H3. The SMILES string of the molecule is CC1(C)c2ccccc2-c2ccc(-n3c4ccccc4c4cc(-c5ccc6c(c5)c5ccccc5n6-c5ccccc5-c5cccc6c5oc5ccccc56)ccc43)cc21. The molecule has 0 amide bonds. The molecule has 1 aliphatic rings. The number of rotatable bonds is 4. The Hall–Kier alpha value is -7.62. The Balaban J connectivity index is 0.966. The van der Waals surface area contributed by atoms with Crippen LogP contribution in [-0.4, -0.2) is 9.13 Å². The maximum atomic E-state index is 6.56. The van der Waals surface area contributed by atoms with Gasteiger partial charge in [-0.1, -0.05) is 147 Å². The highest BCUT2D eigenvalue weighted by atomic mass is 16.3. The Morgan fingerprint density at radius 1 is 0.367 bits per heavy atom. The van der Waals surface area contributed by atoms with Crippen LogP contribution in [0.25, 0.3) is 110 Å². The van der Waals surface area contributed by atoms with Gasteiger partial charge in [-0.05, 0) is 94.0 Å². The van der Waals surface area contributed by atoms with Gasteiger partial charge >= 0.3 is 0 Å². The summed E-state index contributed by atoms with van der Waals surface area (Å²) in [4.78, 5) is 0. The van der Waals surface area contributed by atoms with Gasteiger partial charge in [-0.2, -0.15) is 0 Å². The predicted octanol–water partition coefficient (Wildman–Crippen LogP) is 15.4. The van der Waals surface area contributed by atoms with Crippen LogP contribution in [0.1, 0.15) is 25.0 Å². The van der Waals surface area contributed by atoms with E-state index in [0.29, 0.717) is 0 Å². The highest BCUT2D eigenvalue weighted by Gasteiger charge is 2.35. The third-order valence-electron chi connectivity index (χ3n) is 13.3. The number of para-hydroxylation sites is 5. The zero-order valence-electron chi connectivity index (χ0n) is 33.3. The van der Waals surface area contributed by atoms with E-state index in [4.69, 9.17) is 4.42 Å². The molecule has 3 heterocycles. The summed E-state index contributed by atoms with van der Waals surface area (Å²) >= 11 is 0. The van der Waals surface area contributed by atoms with Crippen LogP contribution in [0.15, 0.2) is 199 Å². The lowest BCUT2D eigenvalue weighted by Gasteiger charge is -2.22. The van der Waals surface area contributed by atoms with Gasteiger partial charge in [0.2, 0.25) is 0 Å². The van der Waals surface area contributed by atoms with Gasteiger partial charge in [-0.25, -0.2) is 0 Å². The Kier molecular flexibility index (Phi) is 6.78. The van der Waals surface area contributed by atoms with Crippen molar-refractivity contribution in [2.45, 2.75) is 19.3 Å². The van der Waals surface area contributed by atoms with Crippen molar-refractivity contribution >= 4 is 65.6 Å². The number of benzene rings is 9. The number of nitrogens with zero attached hydrogens (tertiary/aromatic N) is 2. The molecule has 3 nitrogen and oxygen atoms in total. The highest BCUT2D eigenvalue weighted by Crippen LogP contribution is 2.50. The summed E-state index contributed by atoms with van der Waals surface area (Å²) in [5.41, 5.74) is 18.9.